The zero-order chi connectivity index (χ0) is 17.1. The van der Waals surface area contributed by atoms with E-state index in [1.165, 1.54) is 6.20 Å². The molecule has 0 spiro atoms. The van der Waals surface area contributed by atoms with Gasteiger partial charge in [-0.05, 0) is 24.7 Å². The average Bonchev–Trinajstić information content (AvgIpc) is 3.11. The quantitative estimate of drug-likeness (QED) is 0.855. The summed E-state index contributed by atoms with van der Waals surface area (Å²) in [7, 11) is 0. The second-order valence-electron chi connectivity index (χ2n) is 6.57. The lowest BCUT2D eigenvalue weighted by Crippen LogP contribution is -2.40. The Kier molecular flexibility index (Phi) is 4.78. The molecule has 0 unspecified atom stereocenters. The molecule has 0 N–H and O–H groups in total. The van der Waals surface area contributed by atoms with Crippen LogP contribution < -0.4 is 5.56 Å². The molecule has 2 aromatic rings. The largest absolute Gasteiger partial charge is 0.351 e. The fourth-order valence-electron chi connectivity index (χ4n) is 2.97. The van der Waals surface area contributed by atoms with Gasteiger partial charge in [0.1, 0.15) is 0 Å². The first-order valence-corrected chi connectivity index (χ1v) is 8.31. The van der Waals surface area contributed by atoms with E-state index in [0.29, 0.717) is 25.6 Å². The van der Waals surface area contributed by atoms with Gasteiger partial charge in [-0.3, -0.25) is 14.2 Å². The van der Waals surface area contributed by atoms with Gasteiger partial charge in [0.2, 0.25) is 5.76 Å². The van der Waals surface area contributed by atoms with E-state index in [9.17, 15) is 9.59 Å². The maximum atomic E-state index is 12.2. The van der Waals surface area contributed by atoms with Crippen LogP contribution >= 0.6 is 0 Å². The smallest absolute Gasteiger partial charge is 0.292 e. The van der Waals surface area contributed by atoms with Crippen molar-refractivity contribution < 1.29 is 9.32 Å². The number of rotatable bonds is 4. The number of hydrogen-bond acceptors (Lipinski definition) is 5. The maximum absolute atomic E-state index is 12.2. The predicted molar refractivity (Wildman–Crippen MR) is 87.7 cm³/mol. The molecule has 0 aromatic carbocycles. The zero-order valence-corrected chi connectivity index (χ0v) is 14.0. The molecule has 7 heteroatoms. The van der Waals surface area contributed by atoms with Gasteiger partial charge in [0.25, 0.3) is 11.5 Å². The minimum atomic E-state index is -0.119. The van der Waals surface area contributed by atoms with Crippen LogP contribution in [-0.4, -0.2) is 38.6 Å². The molecule has 0 saturated carbocycles. The van der Waals surface area contributed by atoms with E-state index in [1.54, 1.807) is 27.9 Å². The SMILES string of the molecule is CC(C)c1cc(=O)n(CC2CCN(C(=O)c3ccno3)CC2)cn1. The standard InChI is InChI=1S/C17H22N4O3/c1-12(2)14-9-16(22)21(11-18-14)10-13-4-7-20(8-5-13)17(23)15-3-6-19-24-15/h3,6,9,11-13H,4-5,7-8,10H2,1-2H3. The second kappa shape index (κ2) is 6.98. The molecule has 1 amide bonds. The predicted octanol–water partition coefficient (Wildman–Crippen LogP) is 1.91. The first-order chi connectivity index (χ1) is 11.5. The van der Waals surface area contributed by atoms with Crippen LogP contribution in [0.25, 0.3) is 0 Å². The molecule has 0 atom stereocenters. The normalized spacial score (nSPS) is 15.9. The van der Waals surface area contributed by atoms with Crippen LogP contribution in [-0.2, 0) is 6.54 Å². The Hall–Kier alpha value is -2.44. The van der Waals surface area contributed by atoms with Crippen LogP contribution in [0, 0.1) is 5.92 Å². The minimum absolute atomic E-state index is 0.00568. The second-order valence-corrected chi connectivity index (χ2v) is 6.57. The number of amides is 1. The van der Waals surface area contributed by atoms with E-state index in [1.807, 2.05) is 13.8 Å². The molecule has 2 aromatic heterocycles. The van der Waals surface area contributed by atoms with E-state index in [4.69, 9.17) is 4.52 Å². The summed E-state index contributed by atoms with van der Waals surface area (Å²) in [6, 6.07) is 3.20. The molecule has 1 fully saturated rings. The molecule has 24 heavy (non-hydrogen) atoms. The van der Waals surface area contributed by atoms with Crippen molar-refractivity contribution in [3.8, 4) is 0 Å². The van der Waals surface area contributed by atoms with Crippen LogP contribution in [0.4, 0.5) is 0 Å². The van der Waals surface area contributed by atoms with Crippen LogP contribution in [0.1, 0.15) is 48.9 Å². The lowest BCUT2D eigenvalue weighted by molar-refractivity contribution is 0.0640. The van der Waals surface area contributed by atoms with E-state index in [2.05, 4.69) is 10.1 Å². The van der Waals surface area contributed by atoms with E-state index in [0.717, 1.165) is 18.5 Å². The van der Waals surface area contributed by atoms with Crippen molar-refractivity contribution in [2.75, 3.05) is 13.1 Å². The summed E-state index contributed by atoms with van der Waals surface area (Å²) in [4.78, 5) is 30.5. The number of carbonyl (C=O) groups is 1. The Morgan fingerprint density at radius 3 is 2.71 bits per heavy atom. The molecular formula is C17H22N4O3. The lowest BCUT2D eigenvalue weighted by Gasteiger charge is -2.31. The summed E-state index contributed by atoms with van der Waals surface area (Å²) in [5.74, 6) is 0.773. The molecule has 7 nitrogen and oxygen atoms in total. The molecule has 3 heterocycles. The van der Waals surface area contributed by atoms with Crippen molar-refractivity contribution in [1.29, 1.82) is 0 Å². The van der Waals surface area contributed by atoms with Crippen molar-refractivity contribution >= 4 is 5.91 Å². The highest BCUT2D eigenvalue weighted by Gasteiger charge is 2.25. The Bertz CT molecular complexity index is 743. The third kappa shape index (κ3) is 3.55. The van der Waals surface area contributed by atoms with Gasteiger partial charge in [-0.25, -0.2) is 4.98 Å². The van der Waals surface area contributed by atoms with Gasteiger partial charge in [0, 0.05) is 31.8 Å². The molecule has 1 aliphatic rings. The Morgan fingerprint density at radius 2 is 2.12 bits per heavy atom. The van der Waals surface area contributed by atoms with E-state index >= 15 is 0 Å². The van der Waals surface area contributed by atoms with Crippen LogP contribution in [0.3, 0.4) is 0 Å². The number of hydrogen-bond donors (Lipinski definition) is 0. The monoisotopic (exact) mass is 330 g/mol. The highest BCUT2D eigenvalue weighted by Crippen LogP contribution is 2.20. The summed E-state index contributed by atoms with van der Waals surface area (Å²) < 4.78 is 6.59. The molecule has 1 saturated heterocycles. The number of carbonyl (C=O) groups excluding carboxylic acids is 1. The number of aromatic nitrogens is 3. The summed E-state index contributed by atoms with van der Waals surface area (Å²) in [6.07, 6.45) is 4.83. The minimum Gasteiger partial charge on any atom is -0.351 e. The van der Waals surface area contributed by atoms with Gasteiger partial charge in [-0.2, -0.15) is 0 Å². The fraction of sp³-hybridized carbons (Fsp3) is 0.529. The molecule has 128 valence electrons. The third-order valence-corrected chi connectivity index (χ3v) is 4.50. The number of piperidine rings is 1. The zero-order valence-electron chi connectivity index (χ0n) is 14.0. The van der Waals surface area contributed by atoms with Crippen molar-refractivity contribution in [1.82, 2.24) is 19.6 Å². The lowest BCUT2D eigenvalue weighted by atomic mass is 9.96. The van der Waals surface area contributed by atoms with Crippen LogP contribution in [0.15, 0.2) is 34.0 Å². The van der Waals surface area contributed by atoms with Crippen molar-refractivity contribution in [3.05, 3.63) is 46.5 Å². The topological polar surface area (TPSA) is 81.2 Å². The molecule has 3 rings (SSSR count). The Labute approximate surface area is 140 Å². The van der Waals surface area contributed by atoms with Crippen LogP contribution in [0.2, 0.25) is 0 Å². The summed E-state index contributed by atoms with van der Waals surface area (Å²) in [5.41, 5.74) is 0.817. The summed E-state index contributed by atoms with van der Waals surface area (Å²) in [6.45, 7) is 6.02. The van der Waals surface area contributed by atoms with Gasteiger partial charge in [-0.15, -0.1) is 0 Å². The fourth-order valence-corrected chi connectivity index (χ4v) is 2.97. The van der Waals surface area contributed by atoms with Gasteiger partial charge >= 0.3 is 0 Å². The third-order valence-electron chi connectivity index (χ3n) is 4.50. The summed E-state index contributed by atoms with van der Waals surface area (Å²) >= 11 is 0. The molecule has 1 aliphatic heterocycles. The van der Waals surface area contributed by atoms with Gasteiger partial charge in [-0.1, -0.05) is 19.0 Å². The van der Waals surface area contributed by atoms with Gasteiger partial charge in [0.05, 0.1) is 18.2 Å². The maximum Gasteiger partial charge on any atom is 0.292 e. The number of likely N-dealkylation sites (tertiary alicyclic amines) is 1. The molecule has 0 radical (unpaired) electrons. The number of nitrogens with zero attached hydrogens (tertiary/aromatic N) is 4. The average molecular weight is 330 g/mol. The van der Waals surface area contributed by atoms with Crippen LogP contribution in [0.5, 0.6) is 0 Å². The molecule has 0 aliphatic carbocycles. The highest BCUT2D eigenvalue weighted by molar-refractivity contribution is 5.91. The Balaban J connectivity index is 1.58. The molecule has 0 bridgehead atoms. The van der Waals surface area contributed by atoms with Crippen molar-refractivity contribution in [2.45, 2.75) is 39.2 Å². The summed E-state index contributed by atoms with van der Waals surface area (Å²) in [5, 5.41) is 3.57. The van der Waals surface area contributed by atoms with Crippen molar-refractivity contribution in [3.63, 3.8) is 0 Å². The van der Waals surface area contributed by atoms with E-state index in [-0.39, 0.29) is 23.1 Å². The molecular weight excluding hydrogens is 308 g/mol. The van der Waals surface area contributed by atoms with Gasteiger partial charge in [0.15, 0.2) is 0 Å². The first kappa shape index (κ1) is 16.4. The van der Waals surface area contributed by atoms with Crippen molar-refractivity contribution in [2.24, 2.45) is 5.92 Å². The van der Waals surface area contributed by atoms with Gasteiger partial charge < -0.3 is 9.42 Å². The Morgan fingerprint density at radius 1 is 1.38 bits per heavy atom. The highest BCUT2D eigenvalue weighted by atomic mass is 16.5. The van der Waals surface area contributed by atoms with E-state index < -0.39 is 0 Å². The first-order valence-electron chi connectivity index (χ1n) is 8.31.